The topological polar surface area (TPSA) is 168 Å². The van der Waals surface area contributed by atoms with E-state index in [2.05, 4.69) is 26.3 Å². The van der Waals surface area contributed by atoms with Crippen molar-refractivity contribution in [1.29, 1.82) is 0 Å². The number of urea groups is 1. The van der Waals surface area contributed by atoms with Crippen molar-refractivity contribution in [2.24, 2.45) is 0 Å². The molecular formula is C27H29N5O7. The standard InChI is InChI=1S/C27H29N5O7/c1-38-21-10-8-17(14-22(21)39-2)20(15-26(35)36)31-24(33)12-13-25(34)32-23-11-9-19(16-28-23)30-27(37)29-18-6-4-3-5-7-18/h3-11,14,16,20H,12-13,15H2,1-2H3,(H,31,33)(H,35,36)(H,28,32,34)(H2,29,30,37). The van der Waals surface area contributed by atoms with Crippen LogP contribution in [0.4, 0.5) is 22.0 Å². The fraction of sp³-hybridized carbons (Fsp3) is 0.222. The van der Waals surface area contributed by atoms with Gasteiger partial charge >= 0.3 is 12.0 Å². The van der Waals surface area contributed by atoms with Crippen molar-refractivity contribution in [3.05, 3.63) is 72.4 Å². The summed E-state index contributed by atoms with van der Waals surface area (Å²) in [5.74, 6) is -0.960. The molecule has 204 valence electrons. The predicted molar refractivity (Wildman–Crippen MR) is 144 cm³/mol. The van der Waals surface area contributed by atoms with Crippen LogP contribution < -0.4 is 30.7 Å². The largest absolute Gasteiger partial charge is 0.493 e. The second kappa shape index (κ2) is 14.0. The second-order valence-electron chi connectivity index (χ2n) is 8.26. The van der Waals surface area contributed by atoms with Gasteiger partial charge in [-0.05, 0) is 42.0 Å². The first-order chi connectivity index (χ1) is 18.8. The molecule has 2 aromatic carbocycles. The van der Waals surface area contributed by atoms with Crippen molar-refractivity contribution in [3.8, 4) is 11.5 Å². The number of anilines is 3. The van der Waals surface area contributed by atoms with E-state index in [-0.39, 0.29) is 25.1 Å². The van der Waals surface area contributed by atoms with Crippen LogP contribution in [-0.2, 0) is 14.4 Å². The molecule has 39 heavy (non-hydrogen) atoms. The third kappa shape index (κ3) is 9.04. The minimum Gasteiger partial charge on any atom is -0.493 e. The molecule has 1 unspecified atom stereocenters. The molecular weight excluding hydrogens is 506 g/mol. The number of aliphatic carboxylic acids is 1. The van der Waals surface area contributed by atoms with E-state index in [4.69, 9.17) is 9.47 Å². The molecule has 3 rings (SSSR count). The van der Waals surface area contributed by atoms with E-state index in [0.29, 0.717) is 28.4 Å². The molecule has 0 aliphatic heterocycles. The number of hydrogen-bond donors (Lipinski definition) is 5. The molecule has 3 aromatic rings. The van der Waals surface area contributed by atoms with E-state index in [1.807, 2.05) is 6.07 Å². The monoisotopic (exact) mass is 535 g/mol. The Bertz CT molecular complexity index is 1300. The molecule has 0 aliphatic rings. The molecule has 12 heteroatoms. The normalized spacial score (nSPS) is 11.0. The number of benzene rings is 2. The number of para-hydroxylation sites is 1. The van der Waals surface area contributed by atoms with Gasteiger partial charge in [-0.1, -0.05) is 24.3 Å². The predicted octanol–water partition coefficient (Wildman–Crippen LogP) is 3.79. The summed E-state index contributed by atoms with van der Waals surface area (Å²) in [6.45, 7) is 0. The summed E-state index contributed by atoms with van der Waals surface area (Å²) >= 11 is 0. The number of nitrogens with zero attached hydrogens (tertiary/aromatic N) is 1. The molecule has 0 bridgehead atoms. The minimum atomic E-state index is -1.10. The van der Waals surface area contributed by atoms with Crippen molar-refractivity contribution >= 4 is 41.0 Å². The smallest absolute Gasteiger partial charge is 0.323 e. The number of carboxylic acids is 1. The first-order valence-electron chi connectivity index (χ1n) is 11.9. The summed E-state index contributed by atoms with van der Waals surface area (Å²) < 4.78 is 10.4. The third-order valence-electron chi connectivity index (χ3n) is 5.42. The Labute approximate surface area is 224 Å². The van der Waals surface area contributed by atoms with Crippen LogP contribution in [0.2, 0.25) is 0 Å². The lowest BCUT2D eigenvalue weighted by Crippen LogP contribution is -2.31. The van der Waals surface area contributed by atoms with Gasteiger partial charge in [0.2, 0.25) is 11.8 Å². The van der Waals surface area contributed by atoms with Crippen LogP contribution >= 0.6 is 0 Å². The molecule has 1 heterocycles. The van der Waals surface area contributed by atoms with E-state index in [1.165, 1.54) is 26.5 Å². The van der Waals surface area contributed by atoms with Crippen LogP contribution in [0.3, 0.4) is 0 Å². The maximum Gasteiger partial charge on any atom is 0.323 e. The van der Waals surface area contributed by atoms with Crippen molar-refractivity contribution < 1.29 is 33.8 Å². The summed E-state index contributed by atoms with van der Waals surface area (Å²) in [4.78, 5) is 52.4. The number of pyridine rings is 1. The Kier molecular flexibility index (Phi) is 10.2. The molecule has 0 aliphatic carbocycles. The van der Waals surface area contributed by atoms with Crippen LogP contribution in [0.25, 0.3) is 0 Å². The van der Waals surface area contributed by atoms with Gasteiger partial charge in [-0.3, -0.25) is 14.4 Å². The Morgan fingerprint density at radius 3 is 2.15 bits per heavy atom. The number of ether oxygens (including phenoxy) is 2. The fourth-order valence-electron chi connectivity index (χ4n) is 3.55. The highest BCUT2D eigenvalue weighted by atomic mass is 16.5. The lowest BCUT2D eigenvalue weighted by molar-refractivity contribution is -0.138. The summed E-state index contributed by atoms with van der Waals surface area (Å²) in [7, 11) is 2.93. The highest BCUT2D eigenvalue weighted by molar-refractivity contribution is 5.99. The van der Waals surface area contributed by atoms with Gasteiger partial charge in [0, 0.05) is 18.5 Å². The quantitative estimate of drug-likeness (QED) is 0.233. The van der Waals surface area contributed by atoms with Crippen LogP contribution in [0, 0.1) is 0 Å². The number of nitrogens with one attached hydrogen (secondary N) is 4. The van der Waals surface area contributed by atoms with Gasteiger partial charge in [-0.2, -0.15) is 0 Å². The maximum absolute atomic E-state index is 12.5. The number of amides is 4. The molecule has 0 saturated heterocycles. The molecule has 0 radical (unpaired) electrons. The number of aromatic nitrogens is 1. The average molecular weight is 536 g/mol. The van der Waals surface area contributed by atoms with Crippen LogP contribution in [0.5, 0.6) is 11.5 Å². The van der Waals surface area contributed by atoms with E-state index in [1.54, 1.807) is 48.5 Å². The van der Waals surface area contributed by atoms with Gasteiger partial charge in [0.25, 0.3) is 0 Å². The lowest BCUT2D eigenvalue weighted by atomic mass is 10.0. The summed E-state index contributed by atoms with van der Waals surface area (Å²) in [6, 6.07) is 15.6. The van der Waals surface area contributed by atoms with Crippen molar-refractivity contribution in [2.45, 2.75) is 25.3 Å². The molecule has 0 spiro atoms. The van der Waals surface area contributed by atoms with Crippen LogP contribution in [0.15, 0.2) is 66.9 Å². The van der Waals surface area contributed by atoms with E-state index in [0.717, 1.165) is 0 Å². The van der Waals surface area contributed by atoms with Gasteiger partial charge in [-0.25, -0.2) is 9.78 Å². The van der Waals surface area contributed by atoms with Gasteiger partial charge in [0.1, 0.15) is 5.82 Å². The second-order valence-corrected chi connectivity index (χ2v) is 8.26. The summed E-state index contributed by atoms with van der Waals surface area (Å²) in [5.41, 5.74) is 1.57. The SMILES string of the molecule is COc1ccc(C(CC(=O)O)NC(=O)CCC(=O)Nc2ccc(NC(=O)Nc3ccccc3)cn2)cc1OC. The zero-order chi connectivity index (χ0) is 28.2. The molecule has 5 N–H and O–H groups in total. The molecule has 0 saturated carbocycles. The van der Waals surface area contributed by atoms with Crippen molar-refractivity contribution in [3.63, 3.8) is 0 Å². The van der Waals surface area contributed by atoms with Crippen LogP contribution in [0.1, 0.15) is 30.9 Å². The lowest BCUT2D eigenvalue weighted by Gasteiger charge is -2.19. The van der Waals surface area contributed by atoms with Gasteiger partial charge in [0.15, 0.2) is 11.5 Å². The van der Waals surface area contributed by atoms with Crippen molar-refractivity contribution in [1.82, 2.24) is 10.3 Å². The summed E-state index contributed by atoms with van der Waals surface area (Å²) in [6.07, 6.45) is 0.695. The number of methoxy groups -OCH3 is 2. The highest BCUT2D eigenvalue weighted by Crippen LogP contribution is 2.31. The maximum atomic E-state index is 12.5. The highest BCUT2D eigenvalue weighted by Gasteiger charge is 2.20. The molecule has 4 amide bonds. The molecule has 1 aromatic heterocycles. The zero-order valence-electron chi connectivity index (χ0n) is 21.4. The third-order valence-corrected chi connectivity index (χ3v) is 5.42. The number of rotatable bonds is 12. The van der Waals surface area contributed by atoms with Gasteiger partial charge in [0.05, 0.1) is 38.6 Å². The van der Waals surface area contributed by atoms with E-state index in [9.17, 15) is 24.3 Å². The fourth-order valence-corrected chi connectivity index (χ4v) is 3.55. The Morgan fingerprint density at radius 2 is 1.51 bits per heavy atom. The molecule has 1 atom stereocenters. The van der Waals surface area contributed by atoms with Gasteiger partial charge in [-0.15, -0.1) is 0 Å². The Balaban J connectivity index is 1.49. The number of carbonyl (C=O) groups is 4. The minimum absolute atomic E-state index is 0.154. The average Bonchev–Trinajstić information content (AvgIpc) is 2.92. The first-order valence-corrected chi connectivity index (χ1v) is 11.9. The molecule has 12 nitrogen and oxygen atoms in total. The Hall–Kier alpha value is -5.13. The Morgan fingerprint density at radius 1 is 0.821 bits per heavy atom. The zero-order valence-corrected chi connectivity index (χ0v) is 21.4. The van der Waals surface area contributed by atoms with Crippen molar-refractivity contribution in [2.75, 3.05) is 30.2 Å². The van der Waals surface area contributed by atoms with E-state index >= 15 is 0 Å². The molecule has 0 fully saturated rings. The van der Waals surface area contributed by atoms with E-state index < -0.39 is 29.9 Å². The number of carboxylic acid groups (broad SMARTS) is 1. The number of carbonyl (C=O) groups excluding carboxylic acids is 3. The van der Waals surface area contributed by atoms with Gasteiger partial charge < -0.3 is 35.8 Å². The number of hydrogen-bond acceptors (Lipinski definition) is 7. The summed E-state index contributed by atoms with van der Waals surface area (Å²) in [5, 5.41) is 19.8. The first kappa shape index (κ1) is 28.4. The van der Waals surface area contributed by atoms with Crippen LogP contribution in [-0.4, -0.2) is 48.1 Å².